The van der Waals surface area contributed by atoms with Gasteiger partial charge in [0.2, 0.25) is 0 Å². The molecule has 12 heteroatoms. The summed E-state index contributed by atoms with van der Waals surface area (Å²) in [6.45, 7) is 3.14. The van der Waals surface area contributed by atoms with Gasteiger partial charge in [0, 0.05) is 32.3 Å². The maximum Gasteiger partial charge on any atom is 0.417 e. The van der Waals surface area contributed by atoms with Crippen LogP contribution in [0.5, 0.6) is 0 Å². The molecule has 1 amide bonds. The maximum absolute atomic E-state index is 13.2. The van der Waals surface area contributed by atoms with E-state index in [4.69, 9.17) is 16.3 Å². The van der Waals surface area contributed by atoms with Crippen molar-refractivity contribution in [3.8, 4) is 5.82 Å². The topological polar surface area (TPSA) is 78.1 Å². The average Bonchev–Trinajstić information content (AvgIpc) is 3.38. The third kappa shape index (κ3) is 3.97. The molecule has 2 aromatic heterocycles. The molecule has 3 heterocycles. The fourth-order valence-electron chi connectivity index (χ4n) is 3.74. The number of hydrogen-bond donors (Lipinski definition) is 0. The molecule has 1 aliphatic heterocycles. The summed E-state index contributed by atoms with van der Waals surface area (Å²) in [5.74, 6) is 0.000367. The summed E-state index contributed by atoms with van der Waals surface area (Å²) in [7, 11) is 1.61. The van der Waals surface area contributed by atoms with Crippen molar-refractivity contribution in [2.45, 2.75) is 32.1 Å². The molecule has 0 radical (unpaired) electrons. The Bertz CT molecular complexity index is 1140. The monoisotopic (exact) mass is 468 g/mol. The highest BCUT2D eigenvalue weighted by atomic mass is 35.5. The second-order valence-corrected chi connectivity index (χ2v) is 7.73. The van der Waals surface area contributed by atoms with Crippen LogP contribution in [0.3, 0.4) is 0 Å². The van der Waals surface area contributed by atoms with Gasteiger partial charge >= 0.3 is 6.18 Å². The van der Waals surface area contributed by atoms with E-state index in [1.165, 1.54) is 17.0 Å². The normalized spacial score (nSPS) is 16.3. The van der Waals surface area contributed by atoms with E-state index >= 15 is 0 Å². The van der Waals surface area contributed by atoms with Gasteiger partial charge in [-0.15, -0.1) is 5.10 Å². The summed E-state index contributed by atoms with van der Waals surface area (Å²) in [4.78, 5) is 14.6. The number of rotatable bonds is 5. The zero-order valence-corrected chi connectivity index (χ0v) is 18.1. The summed E-state index contributed by atoms with van der Waals surface area (Å²) in [5, 5.41) is 12.3. The number of carbonyl (C=O) groups is 1. The second-order valence-electron chi connectivity index (χ2n) is 7.35. The van der Waals surface area contributed by atoms with Gasteiger partial charge in [0.15, 0.2) is 5.82 Å². The van der Waals surface area contributed by atoms with Gasteiger partial charge < -0.3 is 9.64 Å². The predicted octanol–water partition coefficient (Wildman–Crippen LogP) is 3.54. The van der Waals surface area contributed by atoms with Gasteiger partial charge in [0.1, 0.15) is 5.69 Å². The molecule has 0 saturated carbocycles. The third-order valence-corrected chi connectivity index (χ3v) is 5.82. The molecule has 0 bridgehead atoms. The Morgan fingerprint density at radius 2 is 2.09 bits per heavy atom. The molecule has 3 aromatic rings. The number of alkyl halides is 3. The molecule has 1 atom stereocenters. The highest BCUT2D eigenvalue weighted by Crippen LogP contribution is 2.38. The number of fused-ring (bicyclic) bond motifs is 1. The molecular formula is C20H20ClF3N6O2. The van der Waals surface area contributed by atoms with Gasteiger partial charge in [0.25, 0.3) is 5.91 Å². The van der Waals surface area contributed by atoms with E-state index in [0.29, 0.717) is 31.1 Å². The van der Waals surface area contributed by atoms with Gasteiger partial charge in [-0.1, -0.05) is 22.9 Å². The van der Waals surface area contributed by atoms with Crippen LogP contribution < -0.4 is 0 Å². The van der Waals surface area contributed by atoms with Crippen LogP contribution in [0.2, 0.25) is 5.02 Å². The van der Waals surface area contributed by atoms with Crippen LogP contribution in [-0.4, -0.2) is 55.8 Å². The van der Waals surface area contributed by atoms with Gasteiger partial charge in [-0.3, -0.25) is 9.48 Å². The number of hydrogen-bond acceptors (Lipinski definition) is 5. The van der Waals surface area contributed by atoms with Crippen LogP contribution in [0.1, 0.15) is 40.3 Å². The minimum Gasteiger partial charge on any atom is -0.383 e. The van der Waals surface area contributed by atoms with Crippen molar-refractivity contribution >= 4 is 17.5 Å². The Labute approximate surface area is 186 Å². The zero-order valence-electron chi connectivity index (χ0n) is 17.3. The Morgan fingerprint density at radius 1 is 1.31 bits per heavy atom. The number of ether oxygens (including phenoxy) is 1. The van der Waals surface area contributed by atoms with Crippen molar-refractivity contribution in [1.29, 1.82) is 0 Å². The molecule has 170 valence electrons. The lowest BCUT2D eigenvalue weighted by molar-refractivity contribution is -0.137. The van der Waals surface area contributed by atoms with Crippen LogP contribution in [0.25, 0.3) is 5.82 Å². The van der Waals surface area contributed by atoms with E-state index in [0.717, 1.165) is 11.8 Å². The van der Waals surface area contributed by atoms with Crippen LogP contribution in [0.15, 0.2) is 30.5 Å². The quantitative estimate of drug-likeness (QED) is 0.572. The molecule has 0 N–H and O–H groups in total. The standard InChI is InChI=1S/C20H20ClF3N6O2/c1-12-18-15(30(27-25-18)16-7-8-28(26-16)10-11-32-2)6-9-29(12)19(31)13-4-3-5-14(17(13)21)20(22,23)24/h3-5,7-8,12H,6,9-11H2,1-2H3. The summed E-state index contributed by atoms with van der Waals surface area (Å²) < 4.78 is 48.0. The van der Waals surface area contributed by atoms with Gasteiger partial charge in [0.05, 0.1) is 41.0 Å². The number of methoxy groups -OCH3 is 1. The zero-order chi connectivity index (χ0) is 23.0. The van der Waals surface area contributed by atoms with E-state index < -0.39 is 28.7 Å². The molecule has 0 spiro atoms. The van der Waals surface area contributed by atoms with Crippen molar-refractivity contribution in [1.82, 2.24) is 29.7 Å². The average molecular weight is 469 g/mol. The van der Waals surface area contributed by atoms with Gasteiger partial charge in [-0.05, 0) is 19.1 Å². The first-order valence-electron chi connectivity index (χ1n) is 9.86. The minimum absolute atomic E-state index is 0.193. The molecule has 1 unspecified atom stereocenters. The van der Waals surface area contributed by atoms with Crippen molar-refractivity contribution in [2.75, 3.05) is 20.3 Å². The summed E-state index contributed by atoms with van der Waals surface area (Å²) in [6, 6.07) is 4.63. The Hall–Kier alpha value is -2.92. The highest BCUT2D eigenvalue weighted by Gasteiger charge is 2.37. The summed E-state index contributed by atoms with van der Waals surface area (Å²) in [6.07, 6.45) is -2.43. The van der Waals surface area contributed by atoms with Crippen LogP contribution >= 0.6 is 11.6 Å². The number of halogens is 4. The third-order valence-electron chi connectivity index (χ3n) is 5.41. The number of nitrogens with zero attached hydrogens (tertiary/aromatic N) is 6. The van der Waals surface area contributed by atoms with E-state index in [1.54, 1.807) is 35.7 Å². The molecular weight excluding hydrogens is 449 g/mol. The molecule has 1 aliphatic rings. The maximum atomic E-state index is 13.2. The number of aromatic nitrogens is 5. The van der Waals surface area contributed by atoms with Crippen molar-refractivity contribution in [3.05, 3.63) is 58.0 Å². The fraction of sp³-hybridized carbons (Fsp3) is 0.400. The lowest BCUT2D eigenvalue weighted by Gasteiger charge is -2.33. The Balaban J connectivity index is 1.60. The first-order valence-corrected chi connectivity index (χ1v) is 10.2. The molecule has 0 fully saturated rings. The van der Waals surface area contributed by atoms with Crippen molar-refractivity contribution < 1.29 is 22.7 Å². The first-order chi connectivity index (χ1) is 15.2. The van der Waals surface area contributed by atoms with Crippen molar-refractivity contribution in [2.24, 2.45) is 0 Å². The highest BCUT2D eigenvalue weighted by molar-refractivity contribution is 6.34. The SMILES string of the molecule is COCCn1ccc(-n2nnc3c2CCN(C(=O)c2cccc(C(F)(F)F)c2Cl)C3C)n1. The van der Waals surface area contributed by atoms with E-state index in [9.17, 15) is 18.0 Å². The predicted molar refractivity (Wildman–Crippen MR) is 109 cm³/mol. The molecule has 4 rings (SSSR count). The smallest absolute Gasteiger partial charge is 0.383 e. The fourth-order valence-corrected chi connectivity index (χ4v) is 4.06. The molecule has 0 saturated heterocycles. The van der Waals surface area contributed by atoms with E-state index in [1.807, 2.05) is 0 Å². The number of benzene rings is 1. The largest absolute Gasteiger partial charge is 0.417 e. The van der Waals surface area contributed by atoms with Gasteiger partial charge in [-0.25, -0.2) is 0 Å². The van der Waals surface area contributed by atoms with Crippen LogP contribution in [0, 0.1) is 0 Å². The molecule has 1 aromatic carbocycles. The number of carbonyl (C=O) groups excluding carboxylic acids is 1. The van der Waals surface area contributed by atoms with Crippen LogP contribution in [0.4, 0.5) is 13.2 Å². The first kappa shape index (κ1) is 22.3. The van der Waals surface area contributed by atoms with Crippen molar-refractivity contribution in [3.63, 3.8) is 0 Å². The number of amides is 1. The van der Waals surface area contributed by atoms with Crippen LogP contribution in [-0.2, 0) is 23.9 Å². The van der Waals surface area contributed by atoms with Gasteiger partial charge in [-0.2, -0.15) is 23.0 Å². The lowest BCUT2D eigenvalue weighted by Crippen LogP contribution is -2.39. The minimum atomic E-state index is -4.65. The van der Waals surface area contributed by atoms with E-state index in [-0.39, 0.29) is 12.1 Å². The lowest BCUT2D eigenvalue weighted by atomic mass is 10.0. The second kappa shape index (κ2) is 8.55. The summed E-state index contributed by atoms with van der Waals surface area (Å²) in [5.41, 5.74) is 0.138. The molecule has 8 nitrogen and oxygen atoms in total. The molecule has 0 aliphatic carbocycles. The Kier molecular flexibility index (Phi) is 5.95. The van der Waals surface area contributed by atoms with E-state index in [2.05, 4.69) is 15.4 Å². The summed E-state index contributed by atoms with van der Waals surface area (Å²) >= 11 is 5.96. The Morgan fingerprint density at radius 3 is 2.81 bits per heavy atom. The molecule has 32 heavy (non-hydrogen) atoms.